The molecule has 0 radical (unpaired) electrons. The van der Waals surface area contributed by atoms with Crippen LogP contribution in [0.1, 0.15) is 20.8 Å². The summed E-state index contributed by atoms with van der Waals surface area (Å²) >= 11 is 0. The molecule has 1 heterocycles. The molecule has 0 amide bonds. The van der Waals surface area contributed by atoms with Crippen LogP contribution in [0.4, 0.5) is 21.5 Å². The lowest BCUT2D eigenvalue weighted by Gasteiger charge is -2.18. The molecule has 20 heavy (non-hydrogen) atoms. The number of nitrogens with one attached hydrogen (secondary N) is 1. The van der Waals surface area contributed by atoms with Gasteiger partial charge in [0.15, 0.2) is 5.82 Å². The van der Waals surface area contributed by atoms with Crippen molar-refractivity contribution in [2.75, 3.05) is 5.32 Å². The Morgan fingerprint density at radius 1 is 1.40 bits per heavy atom. The molecule has 0 saturated heterocycles. The number of nitro benzene ring substituents is 1. The van der Waals surface area contributed by atoms with Crippen LogP contribution in [0, 0.1) is 15.9 Å². The largest absolute Gasteiger partial charge is 0.351 e. The van der Waals surface area contributed by atoms with Crippen LogP contribution in [-0.2, 0) is 5.54 Å². The first-order chi connectivity index (χ1) is 9.27. The molecular formula is C13H15FN4O2. The van der Waals surface area contributed by atoms with E-state index in [-0.39, 0.29) is 16.9 Å². The molecule has 6 nitrogen and oxygen atoms in total. The van der Waals surface area contributed by atoms with Crippen molar-refractivity contribution < 1.29 is 9.31 Å². The number of benzene rings is 1. The summed E-state index contributed by atoms with van der Waals surface area (Å²) in [5, 5.41) is 17.6. The number of halogens is 1. The Morgan fingerprint density at radius 2 is 2.10 bits per heavy atom. The first-order valence-corrected chi connectivity index (χ1v) is 6.03. The van der Waals surface area contributed by atoms with Crippen LogP contribution >= 0.6 is 0 Å². The monoisotopic (exact) mass is 278 g/mol. The van der Waals surface area contributed by atoms with Crippen molar-refractivity contribution in [2.45, 2.75) is 26.3 Å². The summed E-state index contributed by atoms with van der Waals surface area (Å²) in [5.41, 5.74) is 0.337. The van der Waals surface area contributed by atoms with Crippen molar-refractivity contribution in [3.8, 4) is 0 Å². The maximum absolute atomic E-state index is 13.7. The van der Waals surface area contributed by atoms with Crippen molar-refractivity contribution in [1.82, 2.24) is 9.78 Å². The number of aromatic nitrogens is 2. The fourth-order valence-electron chi connectivity index (χ4n) is 1.63. The molecule has 0 unspecified atom stereocenters. The van der Waals surface area contributed by atoms with Gasteiger partial charge >= 0.3 is 0 Å². The normalized spacial score (nSPS) is 11.4. The third-order valence-electron chi connectivity index (χ3n) is 2.71. The summed E-state index contributed by atoms with van der Waals surface area (Å²) in [7, 11) is 0. The molecule has 0 fully saturated rings. The van der Waals surface area contributed by atoms with E-state index in [1.54, 1.807) is 17.1 Å². The van der Waals surface area contributed by atoms with Crippen molar-refractivity contribution >= 4 is 17.1 Å². The Bertz CT molecular complexity index is 646. The highest BCUT2D eigenvalue weighted by atomic mass is 19.1. The van der Waals surface area contributed by atoms with E-state index in [0.29, 0.717) is 5.69 Å². The standard InChI is InChI=1S/C13H15FN4O2/c1-13(2,3)17-8-9(7-15-17)16-12-5-4-10(18(19)20)6-11(12)14/h4-8,16H,1-3H3. The molecule has 0 aliphatic heterocycles. The van der Waals surface area contributed by atoms with E-state index in [1.165, 1.54) is 12.1 Å². The maximum atomic E-state index is 13.7. The van der Waals surface area contributed by atoms with E-state index in [4.69, 9.17) is 0 Å². The van der Waals surface area contributed by atoms with Crippen LogP contribution in [0.5, 0.6) is 0 Å². The Hall–Kier alpha value is -2.44. The predicted octanol–water partition coefficient (Wildman–Crippen LogP) is 3.43. The minimum atomic E-state index is -0.678. The van der Waals surface area contributed by atoms with Gasteiger partial charge in [-0.2, -0.15) is 5.10 Å². The van der Waals surface area contributed by atoms with E-state index in [2.05, 4.69) is 10.4 Å². The summed E-state index contributed by atoms with van der Waals surface area (Å²) < 4.78 is 15.5. The molecule has 0 spiro atoms. The molecule has 2 rings (SSSR count). The number of nitro groups is 1. The minimum Gasteiger partial charge on any atom is -0.351 e. The van der Waals surface area contributed by atoms with Crippen LogP contribution in [0.25, 0.3) is 0 Å². The number of anilines is 2. The third kappa shape index (κ3) is 2.93. The molecule has 0 aliphatic rings. The SMILES string of the molecule is CC(C)(C)n1cc(Nc2ccc([N+](=O)[O-])cc2F)cn1. The van der Waals surface area contributed by atoms with Crippen molar-refractivity contribution in [3.63, 3.8) is 0 Å². The fraction of sp³-hybridized carbons (Fsp3) is 0.308. The summed E-state index contributed by atoms with van der Waals surface area (Å²) in [6.07, 6.45) is 3.33. The van der Waals surface area contributed by atoms with Gasteiger partial charge in [-0.25, -0.2) is 4.39 Å². The van der Waals surface area contributed by atoms with E-state index >= 15 is 0 Å². The Balaban J connectivity index is 2.22. The lowest BCUT2D eigenvalue weighted by Crippen LogP contribution is -2.21. The first kappa shape index (κ1) is 14.0. The van der Waals surface area contributed by atoms with Crippen LogP contribution in [0.15, 0.2) is 30.6 Å². The summed E-state index contributed by atoms with van der Waals surface area (Å²) in [4.78, 5) is 9.91. The van der Waals surface area contributed by atoms with E-state index in [1.807, 2.05) is 20.8 Å². The second-order valence-corrected chi connectivity index (χ2v) is 5.39. The summed E-state index contributed by atoms with van der Waals surface area (Å²) in [5.74, 6) is -0.678. The molecule has 106 valence electrons. The molecule has 1 N–H and O–H groups in total. The Kier molecular flexibility index (Phi) is 3.44. The summed E-state index contributed by atoms with van der Waals surface area (Å²) in [6, 6.07) is 3.47. The number of hydrogen-bond acceptors (Lipinski definition) is 4. The number of hydrogen-bond donors (Lipinski definition) is 1. The van der Waals surface area contributed by atoms with Crippen LogP contribution in [0.2, 0.25) is 0 Å². The van der Waals surface area contributed by atoms with Crippen molar-refractivity contribution in [1.29, 1.82) is 0 Å². The second kappa shape index (κ2) is 4.92. The lowest BCUT2D eigenvalue weighted by atomic mass is 10.1. The van der Waals surface area contributed by atoms with Gasteiger partial charge in [0.2, 0.25) is 0 Å². The van der Waals surface area contributed by atoms with E-state index < -0.39 is 10.7 Å². The smallest absolute Gasteiger partial charge is 0.272 e. The second-order valence-electron chi connectivity index (χ2n) is 5.39. The molecule has 0 aliphatic carbocycles. The highest BCUT2D eigenvalue weighted by molar-refractivity contribution is 5.60. The van der Waals surface area contributed by atoms with Gasteiger partial charge in [-0.3, -0.25) is 14.8 Å². The molecule has 7 heteroatoms. The van der Waals surface area contributed by atoms with E-state index in [0.717, 1.165) is 6.07 Å². The first-order valence-electron chi connectivity index (χ1n) is 6.03. The van der Waals surface area contributed by atoms with Crippen LogP contribution in [-0.4, -0.2) is 14.7 Å². The van der Waals surface area contributed by atoms with Gasteiger partial charge in [0.05, 0.1) is 34.1 Å². The van der Waals surface area contributed by atoms with Crippen molar-refractivity contribution in [2.24, 2.45) is 0 Å². The molecule has 0 saturated carbocycles. The topological polar surface area (TPSA) is 73.0 Å². The Morgan fingerprint density at radius 3 is 2.60 bits per heavy atom. The van der Waals surface area contributed by atoms with Gasteiger partial charge in [0, 0.05) is 12.3 Å². The van der Waals surface area contributed by atoms with Gasteiger partial charge in [-0.1, -0.05) is 0 Å². The average molecular weight is 278 g/mol. The lowest BCUT2D eigenvalue weighted by molar-refractivity contribution is -0.385. The molecule has 0 atom stereocenters. The van der Waals surface area contributed by atoms with E-state index in [9.17, 15) is 14.5 Å². The highest BCUT2D eigenvalue weighted by Gasteiger charge is 2.15. The zero-order valence-corrected chi connectivity index (χ0v) is 11.4. The van der Waals surface area contributed by atoms with Gasteiger partial charge in [0.1, 0.15) is 0 Å². The molecule has 1 aromatic heterocycles. The predicted molar refractivity (Wildman–Crippen MR) is 73.6 cm³/mol. The number of non-ortho nitro benzene ring substituents is 1. The summed E-state index contributed by atoms with van der Waals surface area (Å²) in [6.45, 7) is 5.99. The third-order valence-corrected chi connectivity index (χ3v) is 2.71. The average Bonchev–Trinajstić information content (AvgIpc) is 2.80. The van der Waals surface area contributed by atoms with Crippen LogP contribution < -0.4 is 5.32 Å². The quantitative estimate of drug-likeness (QED) is 0.689. The molecule has 0 bridgehead atoms. The fourth-order valence-corrected chi connectivity index (χ4v) is 1.63. The highest BCUT2D eigenvalue weighted by Crippen LogP contribution is 2.24. The van der Waals surface area contributed by atoms with Gasteiger partial charge < -0.3 is 5.32 Å². The zero-order valence-electron chi connectivity index (χ0n) is 11.4. The number of nitrogens with zero attached hydrogens (tertiary/aromatic N) is 3. The van der Waals surface area contributed by atoms with Gasteiger partial charge in [-0.15, -0.1) is 0 Å². The van der Waals surface area contributed by atoms with Gasteiger partial charge in [-0.05, 0) is 26.8 Å². The molecule has 1 aromatic carbocycles. The molecular weight excluding hydrogens is 263 g/mol. The number of rotatable bonds is 3. The van der Waals surface area contributed by atoms with Crippen LogP contribution in [0.3, 0.4) is 0 Å². The van der Waals surface area contributed by atoms with Gasteiger partial charge in [0.25, 0.3) is 5.69 Å². The van der Waals surface area contributed by atoms with Crippen molar-refractivity contribution in [3.05, 3.63) is 46.5 Å². The minimum absolute atomic E-state index is 0.170. The zero-order chi connectivity index (χ0) is 14.9. The maximum Gasteiger partial charge on any atom is 0.272 e. The molecule has 2 aromatic rings. The Labute approximate surface area is 115 Å².